The molecule has 0 amide bonds. The van der Waals surface area contributed by atoms with Crippen molar-refractivity contribution in [1.29, 1.82) is 0 Å². The Hall–Kier alpha value is -2.36. The number of rotatable bonds is 13. The molecule has 0 saturated heterocycles. The lowest BCUT2D eigenvalue weighted by Crippen LogP contribution is -2.06. The third-order valence-corrected chi connectivity index (χ3v) is 4.90. The topological polar surface area (TPSA) is 46.5 Å². The van der Waals surface area contributed by atoms with Gasteiger partial charge in [0.2, 0.25) is 0 Å². The summed E-state index contributed by atoms with van der Waals surface area (Å²) in [6, 6.07) is 14.3. The number of unbranched alkanes of at least 4 members (excludes halogenated alkanes) is 6. The standard InChI is InChI=1S/C24H31FO3/c1-2-3-4-5-6-7-11-14-23(25)22-17-20(15-16-21(22)24(26)27)28-18-19-12-9-8-10-13-19/h8-10,12-13,15-17,23H,2-7,11,14,18H2,1H3,(H,26,27). The predicted molar refractivity (Wildman–Crippen MR) is 111 cm³/mol. The Morgan fingerprint density at radius 1 is 1.00 bits per heavy atom. The predicted octanol–water partition coefficient (Wildman–Crippen LogP) is 7.12. The SMILES string of the molecule is CCCCCCCCCC(F)c1cc(OCc2ccccc2)ccc1C(=O)O. The summed E-state index contributed by atoms with van der Waals surface area (Å²) in [5.41, 5.74) is 1.23. The van der Waals surface area contributed by atoms with Gasteiger partial charge in [-0.2, -0.15) is 0 Å². The van der Waals surface area contributed by atoms with Gasteiger partial charge in [-0.1, -0.05) is 82.2 Å². The summed E-state index contributed by atoms with van der Waals surface area (Å²) in [5.74, 6) is -0.613. The number of hydrogen-bond donors (Lipinski definition) is 1. The number of carboxylic acids is 1. The third-order valence-electron chi connectivity index (χ3n) is 4.90. The van der Waals surface area contributed by atoms with Gasteiger partial charge in [-0.15, -0.1) is 0 Å². The highest BCUT2D eigenvalue weighted by molar-refractivity contribution is 5.89. The largest absolute Gasteiger partial charge is 0.489 e. The molecule has 0 aliphatic rings. The molecule has 152 valence electrons. The van der Waals surface area contributed by atoms with E-state index >= 15 is 0 Å². The van der Waals surface area contributed by atoms with Crippen LogP contribution >= 0.6 is 0 Å². The molecular weight excluding hydrogens is 355 g/mol. The van der Waals surface area contributed by atoms with Crippen LogP contribution in [-0.2, 0) is 6.61 Å². The van der Waals surface area contributed by atoms with Gasteiger partial charge in [0.25, 0.3) is 0 Å². The van der Waals surface area contributed by atoms with Crippen LogP contribution < -0.4 is 4.74 Å². The molecule has 0 saturated carbocycles. The summed E-state index contributed by atoms with van der Waals surface area (Å²) in [5, 5.41) is 9.40. The van der Waals surface area contributed by atoms with Crippen molar-refractivity contribution in [2.75, 3.05) is 0 Å². The fourth-order valence-corrected chi connectivity index (χ4v) is 3.26. The van der Waals surface area contributed by atoms with E-state index in [4.69, 9.17) is 4.74 Å². The molecule has 0 aliphatic carbocycles. The molecule has 0 aliphatic heterocycles. The third kappa shape index (κ3) is 7.34. The maximum absolute atomic E-state index is 14.8. The molecule has 2 aromatic rings. The molecule has 3 nitrogen and oxygen atoms in total. The average molecular weight is 387 g/mol. The van der Waals surface area contributed by atoms with Crippen LogP contribution in [-0.4, -0.2) is 11.1 Å². The minimum absolute atomic E-state index is 0.0162. The molecule has 1 unspecified atom stereocenters. The van der Waals surface area contributed by atoms with E-state index in [1.807, 2.05) is 30.3 Å². The number of hydrogen-bond acceptors (Lipinski definition) is 2. The zero-order chi connectivity index (χ0) is 20.2. The van der Waals surface area contributed by atoms with Crippen LogP contribution in [0, 0.1) is 0 Å². The second-order valence-corrected chi connectivity index (χ2v) is 7.21. The Morgan fingerprint density at radius 3 is 2.36 bits per heavy atom. The molecule has 0 bridgehead atoms. The molecule has 1 atom stereocenters. The molecule has 0 heterocycles. The normalized spacial score (nSPS) is 11.9. The van der Waals surface area contributed by atoms with E-state index in [2.05, 4.69) is 6.92 Å². The summed E-state index contributed by atoms with van der Waals surface area (Å²) in [6.07, 6.45) is 6.80. The monoisotopic (exact) mass is 386 g/mol. The number of carbonyl (C=O) groups is 1. The fraction of sp³-hybridized carbons (Fsp3) is 0.458. The summed E-state index contributed by atoms with van der Waals surface area (Å²) in [6.45, 7) is 2.55. The maximum Gasteiger partial charge on any atom is 0.336 e. The van der Waals surface area contributed by atoms with Crippen LogP contribution in [0.5, 0.6) is 5.75 Å². The first-order valence-corrected chi connectivity index (χ1v) is 10.3. The second kappa shape index (κ2) is 12.2. The molecular formula is C24H31FO3. The van der Waals surface area contributed by atoms with Gasteiger partial charge in [-0.25, -0.2) is 9.18 Å². The lowest BCUT2D eigenvalue weighted by Gasteiger charge is -2.14. The maximum atomic E-state index is 14.8. The highest BCUT2D eigenvalue weighted by Gasteiger charge is 2.19. The first kappa shape index (κ1) is 21.9. The number of carboxylic acid groups (broad SMARTS) is 1. The van der Waals surface area contributed by atoms with Crippen molar-refractivity contribution in [3.63, 3.8) is 0 Å². The minimum Gasteiger partial charge on any atom is -0.489 e. The first-order chi connectivity index (χ1) is 13.6. The van der Waals surface area contributed by atoms with E-state index in [9.17, 15) is 14.3 Å². The average Bonchev–Trinajstić information content (AvgIpc) is 2.72. The van der Waals surface area contributed by atoms with E-state index in [0.717, 1.165) is 24.8 Å². The van der Waals surface area contributed by atoms with E-state index in [1.54, 1.807) is 6.07 Å². The van der Waals surface area contributed by atoms with Crippen LogP contribution in [0.25, 0.3) is 0 Å². The van der Waals surface area contributed by atoms with Gasteiger partial charge < -0.3 is 9.84 Å². The first-order valence-electron chi connectivity index (χ1n) is 10.3. The van der Waals surface area contributed by atoms with Gasteiger partial charge in [-0.3, -0.25) is 0 Å². The summed E-state index contributed by atoms with van der Waals surface area (Å²) in [4.78, 5) is 11.5. The van der Waals surface area contributed by atoms with Crippen LogP contribution in [0.15, 0.2) is 48.5 Å². The number of benzene rings is 2. The van der Waals surface area contributed by atoms with E-state index in [1.165, 1.54) is 37.8 Å². The molecule has 2 rings (SSSR count). The number of halogens is 1. The highest BCUT2D eigenvalue weighted by atomic mass is 19.1. The van der Waals surface area contributed by atoms with Crippen molar-refractivity contribution in [2.24, 2.45) is 0 Å². The fourth-order valence-electron chi connectivity index (χ4n) is 3.26. The molecule has 2 aromatic carbocycles. The van der Waals surface area contributed by atoms with Gasteiger partial charge >= 0.3 is 5.97 Å². The van der Waals surface area contributed by atoms with Crippen molar-refractivity contribution >= 4 is 5.97 Å². The van der Waals surface area contributed by atoms with Crippen molar-refractivity contribution in [3.8, 4) is 5.75 Å². The Labute approximate surface area is 167 Å². The van der Waals surface area contributed by atoms with Crippen molar-refractivity contribution < 1.29 is 19.0 Å². The van der Waals surface area contributed by atoms with Gasteiger partial charge in [0, 0.05) is 5.56 Å². The molecule has 0 spiro atoms. The van der Waals surface area contributed by atoms with E-state index < -0.39 is 12.1 Å². The van der Waals surface area contributed by atoms with Gasteiger partial charge in [0.05, 0.1) is 5.56 Å². The Balaban J connectivity index is 1.93. The highest BCUT2D eigenvalue weighted by Crippen LogP contribution is 2.31. The van der Waals surface area contributed by atoms with Gasteiger partial charge in [0.15, 0.2) is 0 Å². The van der Waals surface area contributed by atoms with Gasteiger partial charge in [-0.05, 0) is 30.2 Å². The van der Waals surface area contributed by atoms with Crippen LogP contribution in [0.1, 0.15) is 85.9 Å². The van der Waals surface area contributed by atoms with Gasteiger partial charge in [0.1, 0.15) is 18.5 Å². The Morgan fingerprint density at radius 2 is 1.68 bits per heavy atom. The molecule has 0 radical (unpaired) electrons. The van der Waals surface area contributed by atoms with Crippen LogP contribution in [0.4, 0.5) is 4.39 Å². The quantitative estimate of drug-likeness (QED) is 0.373. The zero-order valence-electron chi connectivity index (χ0n) is 16.7. The van der Waals surface area contributed by atoms with E-state index in [0.29, 0.717) is 18.8 Å². The summed E-state index contributed by atoms with van der Waals surface area (Å²) in [7, 11) is 0. The van der Waals surface area contributed by atoms with Crippen LogP contribution in [0.3, 0.4) is 0 Å². The number of ether oxygens (including phenoxy) is 1. The number of alkyl halides is 1. The second-order valence-electron chi connectivity index (χ2n) is 7.21. The lowest BCUT2D eigenvalue weighted by molar-refractivity contribution is 0.0693. The van der Waals surface area contributed by atoms with Crippen molar-refractivity contribution in [2.45, 2.75) is 71.1 Å². The van der Waals surface area contributed by atoms with E-state index in [-0.39, 0.29) is 11.1 Å². The molecule has 4 heteroatoms. The summed E-state index contributed by atoms with van der Waals surface area (Å²) < 4.78 is 20.5. The molecule has 0 fully saturated rings. The zero-order valence-corrected chi connectivity index (χ0v) is 16.7. The number of aromatic carboxylic acids is 1. The smallest absolute Gasteiger partial charge is 0.336 e. The van der Waals surface area contributed by atoms with Crippen LogP contribution in [0.2, 0.25) is 0 Å². The lowest BCUT2D eigenvalue weighted by atomic mass is 9.98. The Kier molecular flexibility index (Phi) is 9.53. The Bertz CT molecular complexity index is 715. The summed E-state index contributed by atoms with van der Waals surface area (Å²) >= 11 is 0. The van der Waals surface area contributed by atoms with Crippen molar-refractivity contribution in [1.82, 2.24) is 0 Å². The van der Waals surface area contributed by atoms with Crippen molar-refractivity contribution in [3.05, 3.63) is 65.2 Å². The molecule has 0 aromatic heterocycles. The molecule has 1 N–H and O–H groups in total. The minimum atomic E-state index is -1.29. The molecule has 28 heavy (non-hydrogen) atoms.